The zero-order valence-corrected chi connectivity index (χ0v) is 19.2. The van der Waals surface area contributed by atoms with Crippen LogP contribution in [0.2, 0.25) is 0 Å². The average Bonchev–Trinajstić information content (AvgIpc) is 3.41. The van der Waals surface area contributed by atoms with E-state index in [1.54, 1.807) is 18.5 Å². The van der Waals surface area contributed by atoms with Crippen molar-refractivity contribution in [3.05, 3.63) is 59.2 Å². The highest BCUT2D eigenvalue weighted by Crippen LogP contribution is 2.30. The maximum atomic E-state index is 11.7. The van der Waals surface area contributed by atoms with Crippen molar-refractivity contribution < 1.29 is 4.79 Å². The van der Waals surface area contributed by atoms with Crippen LogP contribution in [-0.2, 0) is 24.1 Å². The third-order valence-corrected chi connectivity index (χ3v) is 7.79. The summed E-state index contributed by atoms with van der Waals surface area (Å²) in [4.78, 5) is 18.6. The van der Waals surface area contributed by atoms with Gasteiger partial charge in [-0.3, -0.25) is 9.69 Å². The molecule has 0 spiro atoms. The van der Waals surface area contributed by atoms with Crippen LogP contribution >= 0.6 is 11.5 Å². The molecule has 2 aliphatic rings. The lowest BCUT2D eigenvalue weighted by Gasteiger charge is -2.35. The van der Waals surface area contributed by atoms with Crippen molar-refractivity contribution in [2.24, 2.45) is 0 Å². The zero-order valence-electron chi connectivity index (χ0n) is 18.4. The molecule has 1 aliphatic carbocycles. The van der Waals surface area contributed by atoms with E-state index in [1.807, 2.05) is 11.9 Å². The highest BCUT2D eigenvalue weighted by Gasteiger charge is 2.26. The van der Waals surface area contributed by atoms with Gasteiger partial charge in [-0.1, -0.05) is 30.3 Å². The molecule has 2 heterocycles. The van der Waals surface area contributed by atoms with Crippen LogP contribution in [0.3, 0.4) is 0 Å². The molecule has 1 aliphatic heterocycles. The Bertz CT molecular complexity index is 1090. The van der Waals surface area contributed by atoms with Crippen LogP contribution in [0.25, 0.3) is 10.1 Å². The summed E-state index contributed by atoms with van der Waals surface area (Å²) in [5.41, 5.74) is 4.25. The molecule has 0 N–H and O–H groups in total. The Morgan fingerprint density at radius 3 is 2.68 bits per heavy atom. The number of amides is 1. The second kappa shape index (κ2) is 8.60. The summed E-state index contributed by atoms with van der Waals surface area (Å²) in [6.45, 7) is 7.00. The lowest BCUT2D eigenvalue weighted by molar-refractivity contribution is -0.129. The van der Waals surface area contributed by atoms with E-state index >= 15 is 0 Å². The first-order chi connectivity index (χ1) is 15.1. The van der Waals surface area contributed by atoms with E-state index < -0.39 is 0 Å². The predicted molar refractivity (Wildman–Crippen MR) is 128 cm³/mol. The van der Waals surface area contributed by atoms with Crippen molar-refractivity contribution in [2.45, 2.75) is 32.2 Å². The van der Waals surface area contributed by atoms with Gasteiger partial charge in [0.15, 0.2) is 0 Å². The molecule has 0 saturated carbocycles. The lowest BCUT2D eigenvalue weighted by atomic mass is 10.0. The molecule has 5 rings (SSSR count). The fraction of sp³-hybridized carbons (Fsp3) is 0.440. The number of anilines is 1. The molecule has 0 unspecified atom stereocenters. The quantitative estimate of drug-likeness (QED) is 0.615. The summed E-state index contributed by atoms with van der Waals surface area (Å²) in [5.74, 6) is 1.31. The minimum absolute atomic E-state index is 0.155. The molecule has 1 aromatic heterocycles. The molecule has 0 bridgehead atoms. The number of rotatable bonds is 5. The van der Waals surface area contributed by atoms with Crippen molar-refractivity contribution >= 4 is 33.3 Å². The van der Waals surface area contributed by atoms with Crippen LogP contribution in [0.5, 0.6) is 0 Å². The molecular formula is C25H30N4OS. The maximum absolute atomic E-state index is 11.7. The molecule has 2 aromatic carbocycles. The van der Waals surface area contributed by atoms with Crippen molar-refractivity contribution in [3.8, 4) is 0 Å². The monoisotopic (exact) mass is 434 g/mol. The summed E-state index contributed by atoms with van der Waals surface area (Å²) >= 11 is 1.60. The van der Waals surface area contributed by atoms with E-state index in [-0.39, 0.29) is 5.91 Å². The van der Waals surface area contributed by atoms with E-state index in [0.717, 1.165) is 57.8 Å². The number of carbonyl (C=O) groups is 1. The molecule has 1 fully saturated rings. The van der Waals surface area contributed by atoms with Gasteiger partial charge in [-0.2, -0.15) is 4.37 Å². The number of aromatic nitrogens is 1. The Morgan fingerprint density at radius 1 is 1.10 bits per heavy atom. The van der Waals surface area contributed by atoms with Crippen LogP contribution in [0, 0.1) is 0 Å². The molecule has 1 amide bonds. The first kappa shape index (κ1) is 20.5. The number of likely N-dealkylation sites (N-methyl/N-ethyl adjacent to an activating group) is 1. The van der Waals surface area contributed by atoms with Crippen molar-refractivity contribution in [3.63, 3.8) is 0 Å². The lowest BCUT2D eigenvalue weighted by Crippen LogP contribution is -2.47. The number of carbonyl (C=O) groups excluding carboxylic acids is 1. The van der Waals surface area contributed by atoms with Crippen LogP contribution in [0.15, 0.2) is 42.5 Å². The molecule has 6 heteroatoms. The molecule has 1 saturated heterocycles. The highest BCUT2D eigenvalue weighted by molar-refractivity contribution is 7.13. The molecular weight excluding hydrogens is 404 g/mol. The van der Waals surface area contributed by atoms with E-state index in [9.17, 15) is 4.79 Å². The summed E-state index contributed by atoms with van der Waals surface area (Å²) in [7, 11) is 1.92. The van der Waals surface area contributed by atoms with Gasteiger partial charge in [0.2, 0.25) is 5.91 Å². The Hall–Kier alpha value is -2.44. The Kier molecular flexibility index (Phi) is 5.67. The van der Waals surface area contributed by atoms with Crippen molar-refractivity contribution in [2.75, 3.05) is 44.7 Å². The van der Waals surface area contributed by atoms with E-state index in [1.165, 1.54) is 26.8 Å². The van der Waals surface area contributed by atoms with Gasteiger partial charge in [-0.05, 0) is 59.6 Å². The topological polar surface area (TPSA) is 39.7 Å². The minimum Gasteiger partial charge on any atom is -0.353 e. The van der Waals surface area contributed by atoms with E-state index in [4.69, 9.17) is 4.37 Å². The molecule has 3 aromatic rings. The third kappa shape index (κ3) is 4.19. The number of benzene rings is 2. The van der Waals surface area contributed by atoms with Crippen LogP contribution < -0.4 is 4.90 Å². The molecule has 31 heavy (non-hydrogen) atoms. The highest BCUT2D eigenvalue weighted by atomic mass is 32.1. The summed E-state index contributed by atoms with van der Waals surface area (Å²) in [6.07, 6.45) is 3.05. The molecule has 0 radical (unpaired) electrons. The Labute approximate surface area is 188 Å². The van der Waals surface area contributed by atoms with Gasteiger partial charge in [-0.15, -0.1) is 0 Å². The fourth-order valence-electron chi connectivity index (χ4n) is 4.91. The van der Waals surface area contributed by atoms with Crippen LogP contribution in [0.4, 0.5) is 5.82 Å². The van der Waals surface area contributed by atoms with Crippen molar-refractivity contribution in [1.82, 2.24) is 14.2 Å². The van der Waals surface area contributed by atoms with Gasteiger partial charge >= 0.3 is 0 Å². The van der Waals surface area contributed by atoms with Crippen LogP contribution in [-0.4, -0.2) is 65.9 Å². The van der Waals surface area contributed by atoms with Crippen molar-refractivity contribution in [1.29, 1.82) is 0 Å². The fourth-order valence-corrected chi connectivity index (χ4v) is 5.70. The third-order valence-electron chi connectivity index (χ3n) is 6.97. The number of hydrogen-bond acceptors (Lipinski definition) is 5. The van der Waals surface area contributed by atoms with E-state index in [0.29, 0.717) is 6.04 Å². The average molecular weight is 435 g/mol. The van der Waals surface area contributed by atoms with Gasteiger partial charge in [0.05, 0.1) is 4.70 Å². The number of hydrogen-bond donors (Lipinski definition) is 0. The standard InChI is InChI=1S/C25H30N4OS/c1-18(30)27(2)22-16-20-8-7-19(15-21(20)17-22)9-10-28-11-13-29(14-12-28)25-23-5-3-4-6-24(23)31-26-25/h3-8,15,22H,9-14,16-17H2,1-2H3/t22-/m0/s1. The Morgan fingerprint density at radius 2 is 1.87 bits per heavy atom. The number of nitrogens with zero attached hydrogens (tertiary/aromatic N) is 4. The number of fused-ring (bicyclic) bond motifs is 2. The van der Waals surface area contributed by atoms with Crippen LogP contribution in [0.1, 0.15) is 23.6 Å². The Balaban J connectivity index is 1.15. The number of piperazine rings is 1. The molecule has 5 nitrogen and oxygen atoms in total. The zero-order chi connectivity index (χ0) is 21.4. The van der Waals surface area contributed by atoms with Gasteiger partial charge in [0.1, 0.15) is 5.82 Å². The van der Waals surface area contributed by atoms with Gasteiger partial charge < -0.3 is 9.80 Å². The first-order valence-electron chi connectivity index (χ1n) is 11.2. The predicted octanol–water partition coefficient (Wildman–Crippen LogP) is 3.61. The summed E-state index contributed by atoms with van der Waals surface area (Å²) in [5, 5.41) is 1.29. The minimum atomic E-state index is 0.155. The largest absolute Gasteiger partial charge is 0.353 e. The second-order valence-electron chi connectivity index (χ2n) is 8.88. The smallest absolute Gasteiger partial charge is 0.219 e. The molecule has 1 atom stereocenters. The van der Waals surface area contributed by atoms with E-state index in [2.05, 4.69) is 52.3 Å². The van der Waals surface area contributed by atoms with Gasteiger partial charge in [-0.25, -0.2) is 0 Å². The SMILES string of the molecule is CC(=O)N(C)[C@H]1Cc2ccc(CCN3CCN(c4nsc5ccccc45)CC3)cc2C1. The summed E-state index contributed by atoms with van der Waals surface area (Å²) < 4.78 is 6.00. The van der Waals surface area contributed by atoms with Gasteiger partial charge in [0, 0.05) is 58.1 Å². The second-order valence-corrected chi connectivity index (χ2v) is 9.68. The normalized spacial score (nSPS) is 19.0. The summed E-state index contributed by atoms with van der Waals surface area (Å²) in [6, 6.07) is 15.8. The first-order valence-corrected chi connectivity index (χ1v) is 12.0. The maximum Gasteiger partial charge on any atom is 0.219 e. The molecule has 162 valence electrons. The van der Waals surface area contributed by atoms with Gasteiger partial charge in [0.25, 0.3) is 0 Å².